The first-order valence-corrected chi connectivity index (χ1v) is 12.5. The number of rotatable bonds is 4. The van der Waals surface area contributed by atoms with E-state index in [0.29, 0.717) is 56.5 Å². The van der Waals surface area contributed by atoms with Gasteiger partial charge in [-0.05, 0) is 31.9 Å². The van der Waals surface area contributed by atoms with Gasteiger partial charge in [0.15, 0.2) is 11.5 Å². The Morgan fingerprint density at radius 2 is 1.95 bits per heavy atom. The van der Waals surface area contributed by atoms with E-state index in [1.165, 1.54) is 0 Å². The Bertz CT molecular complexity index is 1470. The first-order valence-electron chi connectivity index (χ1n) is 12.5. The molecule has 12 heteroatoms. The molecule has 5 heterocycles. The van der Waals surface area contributed by atoms with Crippen molar-refractivity contribution in [2.24, 2.45) is 0 Å². The maximum absolute atomic E-state index is 13.0. The van der Waals surface area contributed by atoms with E-state index < -0.39 is 11.2 Å². The maximum atomic E-state index is 13.0. The first kappa shape index (κ1) is 23.6. The topological polar surface area (TPSA) is 163 Å². The van der Waals surface area contributed by atoms with E-state index in [1.54, 1.807) is 19.6 Å². The van der Waals surface area contributed by atoms with Gasteiger partial charge in [-0.15, -0.1) is 0 Å². The third kappa shape index (κ3) is 4.15. The van der Waals surface area contributed by atoms with Crippen LogP contribution < -0.4 is 11.5 Å². The number of nitrogen functional groups attached to an aromatic ring is 2. The number of hydrogen-bond acceptors (Lipinski definition) is 9. The van der Waals surface area contributed by atoms with Crippen LogP contribution in [0.3, 0.4) is 0 Å². The van der Waals surface area contributed by atoms with E-state index in [0.717, 1.165) is 11.0 Å². The number of nitrogens with two attached hydrogens (primary N) is 2. The third-order valence-corrected chi connectivity index (χ3v) is 7.88. The molecule has 0 unspecified atom stereocenters. The SMILES string of the molecule is C[C@]1(O)COC2(CCN(C(=O)CCn3cnc4ccccc43)CC2)C[C@@H]1n1cnc2c(N)nc(N)nc21. The molecular formula is C25H31N9O3. The summed E-state index contributed by atoms with van der Waals surface area (Å²) in [5.41, 5.74) is 13.1. The van der Waals surface area contributed by atoms with Gasteiger partial charge in [0, 0.05) is 32.5 Å². The Morgan fingerprint density at radius 1 is 1.16 bits per heavy atom. The summed E-state index contributed by atoms with van der Waals surface area (Å²) < 4.78 is 10.1. The van der Waals surface area contributed by atoms with Crippen molar-refractivity contribution in [2.45, 2.75) is 56.4 Å². The number of carbonyl (C=O) groups is 1. The molecule has 2 saturated heterocycles. The summed E-state index contributed by atoms with van der Waals surface area (Å²) in [4.78, 5) is 32.1. The van der Waals surface area contributed by atoms with Gasteiger partial charge in [0.2, 0.25) is 11.9 Å². The van der Waals surface area contributed by atoms with Crippen LogP contribution in [0.1, 0.15) is 38.6 Å². The molecule has 2 atom stereocenters. The maximum Gasteiger partial charge on any atom is 0.224 e. The smallest absolute Gasteiger partial charge is 0.224 e. The molecule has 2 fully saturated rings. The fourth-order valence-electron chi connectivity index (χ4n) is 5.68. The molecular weight excluding hydrogens is 474 g/mol. The second kappa shape index (κ2) is 8.67. The van der Waals surface area contributed by atoms with E-state index >= 15 is 0 Å². The van der Waals surface area contributed by atoms with Crippen molar-refractivity contribution in [3.63, 3.8) is 0 Å². The van der Waals surface area contributed by atoms with Gasteiger partial charge in [-0.25, -0.2) is 9.97 Å². The number of para-hydroxylation sites is 2. The molecule has 0 saturated carbocycles. The second-order valence-corrected chi connectivity index (χ2v) is 10.4. The van der Waals surface area contributed by atoms with E-state index in [4.69, 9.17) is 16.2 Å². The quantitative estimate of drug-likeness (QED) is 0.373. The second-order valence-electron chi connectivity index (χ2n) is 10.4. The molecule has 194 valence electrons. The van der Waals surface area contributed by atoms with Crippen molar-refractivity contribution in [1.29, 1.82) is 0 Å². The average Bonchev–Trinajstić information content (AvgIpc) is 3.49. The normalized spacial score (nSPS) is 23.7. The van der Waals surface area contributed by atoms with Crippen molar-refractivity contribution in [1.82, 2.24) is 34.0 Å². The molecule has 6 rings (SSSR count). The Hall–Kier alpha value is -3.77. The van der Waals surface area contributed by atoms with Crippen LogP contribution in [0.4, 0.5) is 11.8 Å². The number of hydrogen-bond donors (Lipinski definition) is 3. The highest BCUT2D eigenvalue weighted by atomic mass is 16.5. The van der Waals surface area contributed by atoms with E-state index in [2.05, 4.69) is 19.9 Å². The van der Waals surface area contributed by atoms with Gasteiger partial charge in [0.05, 0.1) is 41.9 Å². The van der Waals surface area contributed by atoms with Gasteiger partial charge in [0.25, 0.3) is 0 Å². The Balaban J connectivity index is 1.14. The number of carbonyl (C=O) groups excluding carboxylic acids is 1. The Labute approximate surface area is 213 Å². The van der Waals surface area contributed by atoms with Crippen LogP contribution in [0.15, 0.2) is 36.9 Å². The largest absolute Gasteiger partial charge is 0.386 e. The minimum Gasteiger partial charge on any atom is -0.386 e. The van der Waals surface area contributed by atoms with E-state index in [-0.39, 0.29) is 30.3 Å². The summed E-state index contributed by atoms with van der Waals surface area (Å²) >= 11 is 0. The predicted octanol–water partition coefficient (Wildman–Crippen LogP) is 1.50. The highest BCUT2D eigenvalue weighted by Crippen LogP contribution is 2.44. The minimum atomic E-state index is -1.14. The van der Waals surface area contributed by atoms with Gasteiger partial charge in [0.1, 0.15) is 11.1 Å². The number of piperidine rings is 1. The molecule has 0 bridgehead atoms. The number of ether oxygens (including phenoxy) is 1. The summed E-state index contributed by atoms with van der Waals surface area (Å²) in [6.07, 6.45) is 5.76. The number of likely N-dealkylation sites (tertiary alicyclic amines) is 1. The molecule has 1 spiro atoms. The lowest BCUT2D eigenvalue weighted by molar-refractivity contribution is -0.201. The zero-order valence-corrected chi connectivity index (χ0v) is 20.7. The van der Waals surface area contributed by atoms with Gasteiger partial charge in [-0.3, -0.25) is 4.79 Å². The van der Waals surface area contributed by atoms with Gasteiger partial charge >= 0.3 is 0 Å². The fraction of sp³-hybridized carbons (Fsp3) is 0.480. The number of nitrogens with zero attached hydrogens (tertiary/aromatic N) is 7. The number of aliphatic hydroxyl groups is 1. The lowest BCUT2D eigenvalue weighted by atomic mass is 9.77. The number of aromatic nitrogens is 6. The monoisotopic (exact) mass is 505 g/mol. The number of imidazole rings is 2. The van der Waals surface area contributed by atoms with Crippen molar-refractivity contribution < 1.29 is 14.6 Å². The molecule has 4 aromatic rings. The molecule has 37 heavy (non-hydrogen) atoms. The van der Waals surface area contributed by atoms with Crippen LogP contribution >= 0.6 is 0 Å². The first-order chi connectivity index (χ1) is 17.7. The van der Waals surface area contributed by atoms with Crippen molar-refractivity contribution in [3.8, 4) is 0 Å². The van der Waals surface area contributed by atoms with Crippen LogP contribution in [-0.2, 0) is 16.1 Å². The number of aryl methyl sites for hydroxylation is 1. The molecule has 0 aliphatic carbocycles. The van der Waals surface area contributed by atoms with Crippen LogP contribution in [0.5, 0.6) is 0 Å². The van der Waals surface area contributed by atoms with Crippen LogP contribution in [0, 0.1) is 0 Å². The molecule has 3 aromatic heterocycles. The van der Waals surface area contributed by atoms with Crippen molar-refractivity contribution >= 4 is 39.9 Å². The van der Waals surface area contributed by atoms with Crippen LogP contribution in [0.2, 0.25) is 0 Å². The molecule has 2 aliphatic rings. The van der Waals surface area contributed by atoms with Crippen LogP contribution in [-0.4, -0.2) is 75.9 Å². The highest BCUT2D eigenvalue weighted by molar-refractivity contribution is 5.83. The zero-order chi connectivity index (χ0) is 25.8. The number of amides is 1. The molecule has 0 radical (unpaired) electrons. The lowest BCUT2D eigenvalue weighted by Crippen LogP contribution is -2.57. The Morgan fingerprint density at radius 3 is 2.76 bits per heavy atom. The highest BCUT2D eigenvalue weighted by Gasteiger charge is 2.50. The summed E-state index contributed by atoms with van der Waals surface area (Å²) in [6.45, 7) is 3.71. The summed E-state index contributed by atoms with van der Waals surface area (Å²) in [5.74, 6) is 0.386. The van der Waals surface area contributed by atoms with E-state index in [9.17, 15) is 9.90 Å². The molecule has 2 aliphatic heterocycles. The number of anilines is 2. The third-order valence-electron chi connectivity index (χ3n) is 7.88. The number of benzene rings is 1. The summed E-state index contributed by atoms with van der Waals surface area (Å²) in [7, 11) is 0. The minimum absolute atomic E-state index is 0.0590. The molecule has 5 N–H and O–H groups in total. The number of fused-ring (bicyclic) bond motifs is 2. The molecule has 1 amide bonds. The zero-order valence-electron chi connectivity index (χ0n) is 20.7. The van der Waals surface area contributed by atoms with Gasteiger partial charge in [-0.2, -0.15) is 9.97 Å². The molecule has 12 nitrogen and oxygen atoms in total. The van der Waals surface area contributed by atoms with E-state index in [1.807, 2.05) is 38.3 Å². The van der Waals surface area contributed by atoms with Crippen LogP contribution in [0.25, 0.3) is 22.2 Å². The summed E-state index contributed by atoms with van der Waals surface area (Å²) in [5, 5.41) is 11.2. The summed E-state index contributed by atoms with van der Waals surface area (Å²) in [6, 6.07) is 7.57. The molecule has 1 aromatic carbocycles. The van der Waals surface area contributed by atoms with Crippen molar-refractivity contribution in [2.75, 3.05) is 31.2 Å². The van der Waals surface area contributed by atoms with Crippen molar-refractivity contribution in [3.05, 3.63) is 36.9 Å². The Kier molecular flexibility index (Phi) is 5.53. The standard InChI is InChI=1S/C25H31N9O3/c1-24(36)13-37-25(12-18(24)34-15-29-20-21(26)30-23(27)31-22(20)34)7-10-32(11-8-25)19(35)6-9-33-14-28-16-4-2-3-5-17(16)33/h2-5,14-15,18,36H,6-13H2,1H3,(H4,26,27,30,31)/t18-,24-/m0/s1. The van der Waals surface area contributed by atoms with Gasteiger partial charge < -0.3 is 35.3 Å². The van der Waals surface area contributed by atoms with Gasteiger partial charge in [-0.1, -0.05) is 12.1 Å². The predicted molar refractivity (Wildman–Crippen MR) is 137 cm³/mol. The fourth-order valence-corrected chi connectivity index (χ4v) is 5.68. The average molecular weight is 506 g/mol. The lowest BCUT2D eigenvalue weighted by Gasteiger charge is -2.51.